The summed E-state index contributed by atoms with van der Waals surface area (Å²) in [6.45, 7) is 6.23. The predicted octanol–water partition coefficient (Wildman–Crippen LogP) is 4.92. The number of amides is 1. The van der Waals surface area contributed by atoms with E-state index in [1.165, 1.54) is 15.6 Å². The summed E-state index contributed by atoms with van der Waals surface area (Å²) in [5.74, 6) is 0.612. The summed E-state index contributed by atoms with van der Waals surface area (Å²) in [6.07, 6.45) is 0.897. The van der Waals surface area contributed by atoms with Gasteiger partial charge in [0.1, 0.15) is 0 Å². The van der Waals surface area contributed by atoms with E-state index in [9.17, 15) is 13.2 Å². The molecule has 1 amide bonds. The maximum atomic E-state index is 13.3. The van der Waals surface area contributed by atoms with Crippen LogP contribution in [0.25, 0.3) is 10.7 Å². The van der Waals surface area contributed by atoms with Crippen molar-refractivity contribution in [2.24, 2.45) is 5.92 Å². The number of hydrogen-bond donors (Lipinski definition) is 1. The Labute approximate surface area is 202 Å². The Morgan fingerprint density at radius 1 is 1.27 bits per heavy atom. The third-order valence-corrected chi connectivity index (χ3v) is 9.00. The summed E-state index contributed by atoms with van der Waals surface area (Å²) < 4.78 is 33.4. The SMILES string of the molecule is Cc1sc(-c2noc(C(C)C)n2)cc1S(=O)(=O)N1CCC(C(=O)Nc2cccc(Cl)c2)CC1. The Balaban J connectivity index is 1.43. The molecule has 0 spiro atoms. The molecular formula is C22H25ClN4O4S2. The lowest BCUT2D eigenvalue weighted by Crippen LogP contribution is -2.41. The van der Waals surface area contributed by atoms with E-state index in [1.54, 1.807) is 37.3 Å². The number of anilines is 1. The summed E-state index contributed by atoms with van der Waals surface area (Å²) in [5.41, 5.74) is 0.631. The third-order valence-electron chi connectivity index (χ3n) is 5.56. The van der Waals surface area contributed by atoms with Crippen LogP contribution < -0.4 is 5.32 Å². The zero-order chi connectivity index (χ0) is 23.8. The number of thiophene rings is 1. The first-order valence-electron chi connectivity index (χ1n) is 10.7. The van der Waals surface area contributed by atoms with Gasteiger partial charge in [-0.1, -0.05) is 36.7 Å². The van der Waals surface area contributed by atoms with Crippen molar-refractivity contribution in [3.8, 4) is 10.7 Å². The lowest BCUT2D eigenvalue weighted by Gasteiger charge is -2.30. The molecular weight excluding hydrogens is 484 g/mol. The highest BCUT2D eigenvalue weighted by Crippen LogP contribution is 2.35. The highest BCUT2D eigenvalue weighted by atomic mass is 35.5. The zero-order valence-corrected chi connectivity index (χ0v) is 20.9. The molecule has 1 aliphatic rings. The number of halogens is 1. The minimum absolute atomic E-state index is 0.0906. The van der Waals surface area contributed by atoms with Crippen LogP contribution in [0, 0.1) is 12.8 Å². The molecule has 1 fully saturated rings. The van der Waals surface area contributed by atoms with Crippen LogP contribution in [0.1, 0.15) is 43.4 Å². The smallest absolute Gasteiger partial charge is 0.244 e. The molecule has 3 heterocycles. The average Bonchev–Trinajstić information content (AvgIpc) is 3.41. The molecule has 8 nitrogen and oxygen atoms in total. The molecule has 0 bridgehead atoms. The van der Waals surface area contributed by atoms with Crippen molar-refractivity contribution in [2.75, 3.05) is 18.4 Å². The fraction of sp³-hybridized carbons (Fsp3) is 0.409. The molecule has 2 aromatic heterocycles. The highest BCUT2D eigenvalue weighted by molar-refractivity contribution is 7.89. The Hall–Kier alpha value is -2.27. The molecule has 1 N–H and O–H groups in total. The van der Waals surface area contributed by atoms with E-state index in [-0.39, 0.29) is 35.7 Å². The van der Waals surface area contributed by atoms with Crippen molar-refractivity contribution in [3.63, 3.8) is 0 Å². The van der Waals surface area contributed by atoms with Gasteiger partial charge in [0.2, 0.25) is 27.6 Å². The van der Waals surface area contributed by atoms with Gasteiger partial charge in [-0.15, -0.1) is 11.3 Å². The second-order valence-corrected chi connectivity index (χ2v) is 11.9. The van der Waals surface area contributed by atoms with E-state index in [4.69, 9.17) is 16.1 Å². The lowest BCUT2D eigenvalue weighted by atomic mass is 9.97. The van der Waals surface area contributed by atoms with Gasteiger partial charge >= 0.3 is 0 Å². The van der Waals surface area contributed by atoms with Crippen molar-refractivity contribution >= 4 is 44.6 Å². The number of hydrogen-bond acceptors (Lipinski definition) is 7. The Kier molecular flexibility index (Phi) is 6.90. The predicted molar refractivity (Wildman–Crippen MR) is 128 cm³/mol. The van der Waals surface area contributed by atoms with Crippen LogP contribution in [-0.2, 0) is 14.8 Å². The number of sulfonamides is 1. The summed E-state index contributed by atoms with van der Waals surface area (Å²) in [4.78, 5) is 18.6. The normalized spacial score (nSPS) is 15.8. The fourth-order valence-corrected chi connectivity index (χ4v) is 6.86. The summed E-state index contributed by atoms with van der Waals surface area (Å²) in [6, 6.07) is 8.57. The first-order valence-corrected chi connectivity index (χ1v) is 13.3. The second-order valence-electron chi connectivity index (χ2n) is 8.32. The van der Waals surface area contributed by atoms with Crippen LogP contribution in [0.4, 0.5) is 5.69 Å². The first-order chi connectivity index (χ1) is 15.6. The molecule has 4 rings (SSSR count). The van der Waals surface area contributed by atoms with Gasteiger partial charge in [-0.3, -0.25) is 4.79 Å². The molecule has 176 valence electrons. The number of benzene rings is 1. The van der Waals surface area contributed by atoms with E-state index < -0.39 is 10.0 Å². The quantitative estimate of drug-likeness (QED) is 0.506. The van der Waals surface area contributed by atoms with E-state index in [2.05, 4.69) is 15.5 Å². The number of nitrogens with zero attached hydrogens (tertiary/aromatic N) is 3. The van der Waals surface area contributed by atoms with Crippen LogP contribution in [0.5, 0.6) is 0 Å². The Bertz CT molecular complexity index is 1260. The number of nitrogens with one attached hydrogen (secondary N) is 1. The van der Waals surface area contributed by atoms with E-state index in [1.807, 2.05) is 13.8 Å². The molecule has 0 unspecified atom stereocenters. The maximum Gasteiger partial charge on any atom is 0.244 e. The Morgan fingerprint density at radius 3 is 2.64 bits per heavy atom. The molecule has 0 saturated carbocycles. The van der Waals surface area contributed by atoms with E-state index >= 15 is 0 Å². The van der Waals surface area contributed by atoms with Crippen LogP contribution in [0.2, 0.25) is 5.02 Å². The molecule has 3 aromatic rings. The largest absolute Gasteiger partial charge is 0.339 e. The molecule has 1 saturated heterocycles. The standard InChI is InChI=1S/C22H25ClN4O4S2/c1-13(2)22-25-20(26-31-22)18-12-19(14(3)32-18)33(29,30)27-9-7-15(8-10-27)21(28)24-17-6-4-5-16(23)11-17/h4-6,11-13,15H,7-10H2,1-3H3,(H,24,28). The second kappa shape index (κ2) is 9.54. The first kappa shape index (κ1) is 23.9. The van der Waals surface area contributed by atoms with Crippen molar-refractivity contribution in [3.05, 3.63) is 46.1 Å². The maximum absolute atomic E-state index is 13.3. The zero-order valence-electron chi connectivity index (χ0n) is 18.5. The average molecular weight is 509 g/mol. The lowest BCUT2D eigenvalue weighted by molar-refractivity contribution is -0.120. The van der Waals surface area contributed by atoms with Gasteiger partial charge in [-0.05, 0) is 44.0 Å². The fourth-order valence-electron chi connectivity index (χ4n) is 3.71. The van der Waals surface area contributed by atoms with Crippen molar-refractivity contribution < 1.29 is 17.7 Å². The van der Waals surface area contributed by atoms with Crippen molar-refractivity contribution in [1.82, 2.24) is 14.4 Å². The third kappa shape index (κ3) is 5.13. The molecule has 0 radical (unpaired) electrons. The summed E-state index contributed by atoms with van der Waals surface area (Å²) in [5, 5.41) is 7.40. The van der Waals surface area contributed by atoms with Crippen LogP contribution in [0.15, 0.2) is 39.8 Å². The molecule has 11 heteroatoms. The number of piperidine rings is 1. The minimum Gasteiger partial charge on any atom is -0.339 e. The molecule has 0 atom stereocenters. The van der Waals surface area contributed by atoms with Gasteiger partial charge in [0, 0.05) is 40.5 Å². The molecule has 33 heavy (non-hydrogen) atoms. The molecule has 1 aromatic carbocycles. The molecule has 0 aliphatic carbocycles. The van der Waals surface area contributed by atoms with Crippen LogP contribution >= 0.6 is 22.9 Å². The van der Waals surface area contributed by atoms with Crippen LogP contribution in [-0.4, -0.2) is 41.9 Å². The van der Waals surface area contributed by atoms with Gasteiger partial charge in [0.15, 0.2) is 0 Å². The van der Waals surface area contributed by atoms with E-state index in [0.29, 0.717) is 45.0 Å². The number of carbonyl (C=O) groups is 1. The topological polar surface area (TPSA) is 105 Å². The summed E-state index contributed by atoms with van der Waals surface area (Å²) in [7, 11) is -3.69. The van der Waals surface area contributed by atoms with Gasteiger partial charge in [0.25, 0.3) is 0 Å². The van der Waals surface area contributed by atoms with E-state index in [0.717, 1.165) is 0 Å². The highest BCUT2D eigenvalue weighted by Gasteiger charge is 2.34. The van der Waals surface area contributed by atoms with Crippen LogP contribution in [0.3, 0.4) is 0 Å². The number of rotatable bonds is 6. The van der Waals surface area contributed by atoms with Gasteiger partial charge < -0.3 is 9.84 Å². The monoisotopic (exact) mass is 508 g/mol. The summed E-state index contributed by atoms with van der Waals surface area (Å²) >= 11 is 7.30. The number of aromatic nitrogens is 2. The number of carbonyl (C=O) groups excluding carboxylic acids is 1. The minimum atomic E-state index is -3.69. The van der Waals surface area contributed by atoms with Crippen molar-refractivity contribution in [2.45, 2.75) is 44.4 Å². The van der Waals surface area contributed by atoms with Gasteiger partial charge in [-0.25, -0.2) is 8.42 Å². The Morgan fingerprint density at radius 2 is 2.00 bits per heavy atom. The van der Waals surface area contributed by atoms with Gasteiger partial charge in [-0.2, -0.15) is 9.29 Å². The van der Waals surface area contributed by atoms with Gasteiger partial charge in [0.05, 0.1) is 9.77 Å². The van der Waals surface area contributed by atoms with Crippen molar-refractivity contribution in [1.29, 1.82) is 0 Å². The molecule has 1 aliphatic heterocycles. The number of aryl methyl sites for hydroxylation is 1.